The minimum atomic E-state index is 0.524. The highest BCUT2D eigenvalue weighted by molar-refractivity contribution is 5.45. The summed E-state index contributed by atoms with van der Waals surface area (Å²) in [4.78, 5) is 0. The Morgan fingerprint density at radius 2 is 1.84 bits per heavy atom. The molecular formula is C15H12N3O+. The highest BCUT2D eigenvalue weighted by Gasteiger charge is 2.07. The van der Waals surface area contributed by atoms with Crippen molar-refractivity contribution < 1.29 is 9.30 Å². The van der Waals surface area contributed by atoms with Crippen LogP contribution < -0.4 is 9.30 Å². The predicted octanol–water partition coefficient (Wildman–Crippen LogP) is 1.77. The van der Waals surface area contributed by atoms with Crippen molar-refractivity contribution in [3.63, 3.8) is 0 Å². The molecular weight excluding hydrogens is 238 g/mol. The van der Waals surface area contributed by atoms with Gasteiger partial charge in [0.15, 0.2) is 18.9 Å². The van der Waals surface area contributed by atoms with Crippen molar-refractivity contribution in [2.75, 3.05) is 7.11 Å². The highest BCUT2D eigenvalue weighted by Crippen LogP contribution is 2.18. The number of methoxy groups -OCH3 is 1. The van der Waals surface area contributed by atoms with E-state index in [-0.39, 0.29) is 0 Å². The zero-order chi connectivity index (χ0) is 13.7. The van der Waals surface area contributed by atoms with E-state index in [1.54, 1.807) is 25.3 Å². The van der Waals surface area contributed by atoms with E-state index in [1.807, 2.05) is 29.1 Å². The molecule has 0 N–H and O–H groups in total. The third-order valence-corrected chi connectivity index (χ3v) is 2.77. The van der Waals surface area contributed by atoms with Crippen LogP contribution in [0.4, 0.5) is 0 Å². The molecule has 0 amide bonds. The molecule has 0 radical (unpaired) electrons. The number of nitrogens with zero attached hydrogens (tertiary/aromatic N) is 3. The maximum Gasteiger partial charge on any atom is 0.173 e. The molecule has 1 aromatic heterocycles. The van der Waals surface area contributed by atoms with Crippen LogP contribution in [0.5, 0.6) is 5.75 Å². The first-order valence-corrected chi connectivity index (χ1v) is 5.73. The Balaban J connectivity index is 2.24. The minimum absolute atomic E-state index is 0.524. The molecule has 19 heavy (non-hydrogen) atoms. The molecule has 0 saturated carbocycles. The normalized spacial score (nSPS) is 9.42. The quantitative estimate of drug-likeness (QED) is 0.780. The van der Waals surface area contributed by atoms with Gasteiger partial charge in [-0.1, -0.05) is 6.07 Å². The number of hydrogen-bond acceptors (Lipinski definition) is 3. The lowest BCUT2D eigenvalue weighted by Gasteiger charge is -2.04. The van der Waals surface area contributed by atoms with Crippen LogP contribution in [0.1, 0.15) is 16.7 Å². The van der Waals surface area contributed by atoms with Gasteiger partial charge in [-0.15, -0.1) is 0 Å². The van der Waals surface area contributed by atoms with Crippen LogP contribution in [0, 0.1) is 22.7 Å². The Morgan fingerprint density at radius 1 is 1.11 bits per heavy atom. The second-order valence-electron chi connectivity index (χ2n) is 4.02. The van der Waals surface area contributed by atoms with Gasteiger partial charge in [0.2, 0.25) is 0 Å². The van der Waals surface area contributed by atoms with Gasteiger partial charge in [0, 0.05) is 17.7 Å². The molecule has 2 rings (SSSR count). The molecule has 0 aliphatic heterocycles. The monoisotopic (exact) mass is 250 g/mol. The molecule has 0 bridgehead atoms. The summed E-state index contributed by atoms with van der Waals surface area (Å²) in [6, 6.07) is 13.2. The lowest BCUT2D eigenvalue weighted by Crippen LogP contribution is -2.33. The van der Waals surface area contributed by atoms with Crippen LogP contribution >= 0.6 is 0 Å². The maximum atomic E-state index is 8.92. The van der Waals surface area contributed by atoms with E-state index < -0.39 is 0 Å². The number of benzene rings is 1. The van der Waals surface area contributed by atoms with Crippen molar-refractivity contribution in [2.24, 2.45) is 0 Å². The van der Waals surface area contributed by atoms with Crippen LogP contribution in [0.3, 0.4) is 0 Å². The van der Waals surface area contributed by atoms with Gasteiger partial charge in [-0.3, -0.25) is 0 Å². The summed E-state index contributed by atoms with van der Waals surface area (Å²) in [5, 5.41) is 17.7. The van der Waals surface area contributed by atoms with E-state index in [0.29, 0.717) is 23.4 Å². The standard InChI is InChI=1S/C15H12N3O/c1-19-15-8-13(2-3-14(15)10-17)11-18-6-4-12(9-16)5-7-18/h2-8H,11H2,1H3/q+1. The van der Waals surface area contributed by atoms with Crippen molar-refractivity contribution in [1.82, 2.24) is 0 Å². The molecule has 4 nitrogen and oxygen atoms in total. The fourth-order valence-electron chi connectivity index (χ4n) is 1.77. The number of aromatic nitrogens is 1. The zero-order valence-corrected chi connectivity index (χ0v) is 10.5. The summed E-state index contributed by atoms with van der Waals surface area (Å²) in [6.07, 6.45) is 3.70. The molecule has 0 fully saturated rings. The average Bonchev–Trinajstić information content (AvgIpc) is 2.48. The molecule has 1 heterocycles. The number of rotatable bonds is 3. The maximum absolute atomic E-state index is 8.92. The van der Waals surface area contributed by atoms with E-state index in [2.05, 4.69) is 12.1 Å². The molecule has 1 aromatic carbocycles. The van der Waals surface area contributed by atoms with Crippen molar-refractivity contribution >= 4 is 0 Å². The molecule has 0 atom stereocenters. The number of pyridine rings is 1. The summed E-state index contributed by atoms with van der Waals surface area (Å²) in [5.41, 5.74) is 2.19. The SMILES string of the molecule is COc1cc(C[n+]2ccc(C#N)cc2)ccc1C#N. The van der Waals surface area contributed by atoms with E-state index in [0.717, 1.165) is 5.56 Å². The summed E-state index contributed by atoms with van der Waals surface area (Å²) in [6.45, 7) is 0.660. The zero-order valence-electron chi connectivity index (χ0n) is 10.5. The Labute approximate surface area is 111 Å². The lowest BCUT2D eigenvalue weighted by atomic mass is 10.1. The van der Waals surface area contributed by atoms with Crippen LogP contribution in [-0.4, -0.2) is 7.11 Å². The molecule has 0 saturated heterocycles. The first-order valence-electron chi connectivity index (χ1n) is 5.73. The molecule has 0 spiro atoms. The van der Waals surface area contributed by atoms with Gasteiger partial charge in [-0.2, -0.15) is 10.5 Å². The van der Waals surface area contributed by atoms with Crippen LogP contribution in [0.25, 0.3) is 0 Å². The van der Waals surface area contributed by atoms with Gasteiger partial charge in [0.25, 0.3) is 0 Å². The van der Waals surface area contributed by atoms with Gasteiger partial charge in [0.05, 0.1) is 24.3 Å². The Hall–Kier alpha value is -2.85. The fraction of sp³-hybridized carbons (Fsp3) is 0.133. The minimum Gasteiger partial charge on any atom is -0.495 e. The number of nitriles is 2. The van der Waals surface area contributed by atoms with Crippen molar-refractivity contribution in [1.29, 1.82) is 10.5 Å². The third-order valence-electron chi connectivity index (χ3n) is 2.77. The molecule has 0 unspecified atom stereocenters. The Bertz CT molecular complexity index is 663. The largest absolute Gasteiger partial charge is 0.495 e. The molecule has 92 valence electrons. The summed E-state index contributed by atoms with van der Waals surface area (Å²) in [5.74, 6) is 0.578. The van der Waals surface area contributed by atoms with Crippen LogP contribution in [0.2, 0.25) is 0 Å². The van der Waals surface area contributed by atoms with Crippen LogP contribution in [-0.2, 0) is 6.54 Å². The van der Waals surface area contributed by atoms with E-state index in [1.165, 1.54) is 0 Å². The van der Waals surface area contributed by atoms with E-state index in [4.69, 9.17) is 15.3 Å². The first kappa shape index (κ1) is 12.6. The summed E-state index contributed by atoms with van der Waals surface area (Å²) < 4.78 is 7.14. The molecule has 2 aromatic rings. The molecule has 0 aliphatic carbocycles. The second kappa shape index (κ2) is 5.66. The topological polar surface area (TPSA) is 60.7 Å². The predicted molar refractivity (Wildman–Crippen MR) is 68.2 cm³/mol. The lowest BCUT2D eigenvalue weighted by molar-refractivity contribution is -0.688. The van der Waals surface area contributed by atoms with E-state index >= 15 is 0 Å². The van der Waals surface area contributed by atoms with Crippen LogP contribution in [0.15, 0.2) is 42.7 Å². The van der Waals surface area contributed by atoms with Crippen molar-refractivity contribution in [3.8, 4) is 17.9 Å². The molecule has 4 heteroatoms. The Morgan fingerprint density at radius 3 is 2.42 bits per heavy atom. The van der Waals surface area contributed by atoms with Crippen molar-refractivity contribution in [3.05, 3.63) is 59.4 Å². The van der Waals surface area contributed by atoms with Gasteiger partial charge in [0.1, 0.15) is 11.8 Å². The fourth-order valence-corrected chi connectivity index (χ4v) is 1.77. The van der Waals surface area contributed by atoms with Crippen molar-refractivity contribution in [2.45, 2.75) is 6.54 Å². The molecule has 0 aliphatic rings. The highest BCUT2D eigenvalue weighted by atomic mass is 16.5. The van der Waals surface area contributed by atoms with Gasteiger partial charge in [-0.25, -0.2) is 4.57 Å². The van der Waals surface area contributed by atoms with E-state index in [9.17, 15) is 0 Å². The first-order chi connectivity index (χ1) is 9.26. The second-order valence-corrected chi connectivity index (χ2v) is 4.02. The summed E-state index contributed by atoms with van der Waals surface area (Å²) >= 11 is 0. The van der Waals surface area contributed by atoms with Gasteiger partial charge >= 0.3 is 0 Å². The smallest absolute Gasteiger partial charge is 0.173 e. The number of ether oxygens (including phenoxy) is 1. The summed E-state index contributed by atoms with van der Waals surface area (Å²) in [7, 11) is 1.55. The van der Waals surface area contributed by atoms with Gasteiger partial charge in [-0.05, 0) is 12.1 Å². The Kier molecular flexibility index (Phi) is 3.75. The average molecular weight is 250 g/mol. The third kappa shape index (κ3) is 2.88. The number of hydrogen-bond donors (Lipinski definition) is 0. The van der Waals surface area contributed by atoms with Gasteiger partial charge < -0.3 is 4.74 Å².